The highest BCUT2D eigenvalue weighted by Crippen LogP contribution is 2.29. The van der Waals surface area contributed by atoms with Crippen molar-refractivity contribution in [3.05, 3.63) is 0 Å². The van der Waals surface area contributed by atoms with Crippen LogP contribution < -0.4 is 0 Å². The summed E-state index contributed by atoms with van der Waals surface area (Å²) in [6, 6.07) is 0. The molecule has 3 nitrogen and oxygen atoms in total. The Hall–Kier alpha value is -0.570. The van der Waals surface area contributed by atoms with E-state index in [0.717, 1.165) is 6.42 Å². The first-order chi connectivity index (χ1) is 9.24. The van der Waals surface area contributed by atoms with Crippen molar-refractivity contribution in [2.24, 2.45) is 0 Å². The summed E-state index contributed by atoms with van der Waals surface area (Å²) >= 11 is 0. The predicted octanol–water partition coefficient (Wildman–Crippen LogP) is 4.24. The van der Waals surface area contributed by atoms with Gasteiger partial charge in [0, 0.05) is 6.92 Å². The molecule has 0 spiro atoms. The van der Waals surface area contributed by atoms with Gasteiger partial charge in [-0.3, -0.25) is 4.79 Å². The van der Waals surface area contributed by atoms with Crippen molar-refractivity contribution in [2.75, 3.05) is 6.61 Å². The van der Waals surface area contributed by atoms with Crippen LogP contribution in [-0.2, 0) is 14.3 Å². The highest BCUT2D eigenvalue weighted by Gasteiger charge is 2.35. The van der Waals surface area contributed by atoms with Crippen LogP contribution in [0.2, 0.25) is 0 Å². The van der Waals surface area contributed by atoms with Crippen LogP contribution in [0.4, 0.5) is 0 Å². The van der Waals surface area contributed by atoms with Crippen LogP contribution >= 0.6 is 0 Å². The van der Waals surface area contributed by atoms with Crippen molar-refractivity contribution in [2.45, 2.75) is 90.3 Å². The van der Waals surface area contributed by atoms with E-state index in [4.69, 9.17) is 9.47 Å². The Morgan fingerprint density at radius 2 is 1.53 bits per heavy atom. The van der Waals surface area contributed by atoms with E-state index >= 15 is 0 Å². The molecule has 0 aliphatic carbocycles. The summed E-state index contributed by atoms with van der Waals surface area (Å²) in [4.78, 5) is 10.5. The van der Waals surface area contributed by atoms with Crippen molar-refractivity contribution in [3.8, 4) is 0 Å². The molecule has 1 rings (SSSR count). The molecule has 19 heavy (non-hydrogen) atoms. The monoisotopic (exact) mass is 270 g/mol. The zero-order valence-electron chi connectivity index (χ0n) is 12.7. The Morgan fingerprint density at radius 1 is 0.947 bits per heavy atom. The van der Waals surface area contributed by atoms with Gasteiger partial charge in [0.15, 0.2) is 0 Å². The minimum atomic E-state index is -0.162. The SMILES string of the molecule is CC[C@@H]1O[C@@H]1CCCCCCCCCCOC(C)=O. The maximum absolute atomic E-state index is 10.5. The minimum Gasteiger partial charge on any atom is -0.466 e. The van der Waals surface area contributed by atoms with Gasteiger partial charge in [-0.2, -0.15) is 0 Å². The van der Waals surface area contributed by atoms with Gasteiger partial charge in [-0.25, -0.2) is 0 Å². The van der Waals surface area contributed by atoms with Gasteiger partial charge < -0.3 is 9.47 Å². The van der Waals surface area contributed by atoms with E-state index in [2.05, 4.69) is 6.92 Å². The number of ether oxygens (including phenoxy) is 2. The highest BCUT2D eigenvalue weighted by molar-refractivity contribution is 5.65. The third-order valence-corrected chi connectivity index (χ3v) is 3.78. The lowest BCUT2D eigenvalue weighted by Crippen LogP contribution is -2.00. The average molecular weight is 270 g/mol. The second kappa shape index (κ2) is 10.2. The molecule has 1 aliphatic heterocycles. The van der Waals surface area contributed by atoms with Crippen LogP contribution in [0.25, 0.3) is 0 Å². The normalized spacial score (nSPS) is 21.4. The van der Waals surface area contributed by atoms with Crippen molar-refractivity contribution in [3.63, 3.8) is 0 Å². The molecule has 3 heteroatoms. The van der Waals surface area contributed by atoms with Crippen molar-refractivity contribution < 1.29 is 14.3 Å². The van der Waals surface area contributed by atoms with E-state index in [1.807, 2.05) is 0 Å². The molecule has 0 amide bonds. The first kappa shape index (κ1) is 16.5. The molecule has 0 aromatic rings. The Kier molecular flexibility index (Phi) is 8.89. The van der Waals surface area contributed by atoms with Gasteiger partial charge in [0.2, 0.25) is 0 Å². The molecule has 112 valence electrons. The summed E-state index contributed by atoms with van der Waals surface area (Å²) in [5.74, 6) is -0.162. The summed E-state index contributed by atoms with van der Waals surface area (Å²) in [5, 5.41) is 0. The fraction of sp³-hybridized carbons (Fsp3) is 0.938. The minimum absolute atomic E-state index is 0.162. The molecule has 0 bridgehead atoms. The second-order valence-corrected chi connectivity index (χ2v) is 5.58. The number of carbonyl (C=O) groups excluding carboxylic acids is 1. The lowest BCUT2D eigenvalue weighted by molar-refractivity contribution is -0.141. The number of esters is 1. The third-order valence-electron chi connectivity index (χ3n) is 3.78. The lowest BCUT2D eigenvalue weighted by Gasteiger charge is -2.03. The molecular formula is C16H30O3. The van der Waals surface area contributed by atoms with Crippen molar-refractivity contribution >= 4 is 5.97 Å². The quantitative estimate of drug-likeness (QED) is 0.302. The molecule has 1 heterocycles. The molecule has 0 unspecified atom stereocenters. The zero-order valence-corrected chi connectivity index (χ0v) is 12.7. The van der Waals surface area contributed by atoms with Crippen LogP contribution in [0.5, 0.6) is 0 Å². The first-order valence-electron chi connectivity index (χ1n) is 8.03. The molecule has 2 atom stereocenters. The van der Waals surface area contributed by atoms with E-state index < -0.39 is 0 Å². The number of hydrogen-bond acceptors (Lipinski definition) is 3. The number of carbonyl (C=O) groups is 1. The van der Waals surface area contributed by atoms with Crippen LogP contribution in [-0.4, -0.2) is 24.8 Å². The third kappa shape index (κ3) is 9.04. The van der Waals surface area contributed by atoms with E-state index in [9.17, 15) is 4.79 Å². The standard InChI is InChI=1S/C16H30O3/c1-3-15-16(19-15)12-10-8-6-4-5-7-9-11-13-18-14(2)17/h15-16H,3-13H2,1-2H3/t15-,16+/m0/s1. The number of epoxide rings is 1. The number of unbranched alkanes of at least 4 members (excludes halogenated alkanes) is 7. The Morgan fingerprint density at radius 3 is 2.05 bits per heavy atom. The molecule has 0 aromatic carbocycles. The zero-order chi connectivity index (χ0) is 13.9. The largest absolute Gasteiger partial charge is 0.466 e. The van der Waals surface area contributed by atoms with Gasteiger partial charge in [0.05, 0.1) is 18.8 Å². The van der Waals surface area contributed by atoms with E-state index in [-0.39, 0.29) is 5.97 Å². The first-order valence-corrected chi connectivity index (χ1v) is 8.03. The molecule has 0 radical (unpaired) electrons. The molecule has 0 aromatic heterocycles. The molecule has 1 saturated heterocycles. The summed E-state index contributed by atoms with van der Waals surface area (Å²) in [5.41, 5.74) is 0. The van der Waals surface area contributed by atoms with Crippen LogP contribution in [0.15, 0.2) is 0 Å². The van der Waals surface area contributed by atoms with Gasteiger partial charge in [-0.05, 0) is 19.3 Å². The molecular weight excluding hydrogens is 240 g/mol. The lowest BCUT2D eigenvalue weighted by atomic mass is 10.1. The van der Waals surface area contributed by atoms with E-state index in [0.29, 0.717) is 18.8 Å². The smallest absolute Gasteiger partial charge is 0.302 e. The van der Waals surface area contributed by atoms with E-state index in [1.165, 1.54) is 64.7 Å². The van der Waals surface area contributed by atoms with Gasteiger partial charge in [-0.15, -0.1) is 0 Å². The second-order valence-electron chi connectivity index (χ2n) is 5.58. The Bertz CT molecular complexity index is 240. The maximum atomic E-state index is 10.5. The molecule has 1 aliphatic rings. The average Bonchev–Trinajstić information content (AvgIpc) is 3.14. The fourth-order valence-electron chi connectivity index (χ4n) is 2.52. The molecule has 0 saturated carbocycles. The summed E-state index contributed by atoms with van der Waals surface area (Å²) < 4.78 is 10.4. The van der Waals surface area contributed by atoms with Crippen LogP contribution in [0.3, 0.4) is 0 Å². The van der Waals surface area contributed by atoms with Gasteiger partial charge in [0.1, 0.15) is 0 Å². The number of rotatable bonds is 12. The van der Waals surface area contributed by atoms with E-state index in [1.54, 1.807) is 0 Å². The number of hydrogen-bond donors (Lipinski definition) is 0. The topological polar surface area (TPSA) is 38.8 Å². The van der Waals surface area contributed by atoms with Gasteiger partial charge in [0.25, 0.3) is 0 Å². The molecule has 0 N–H and O–H groups in total. The molecule has 1 fully saturated rings. The van der Waals surface area contributed by atoms with Crippen molar-refractivity contribution in [1.29, 1.82) is 0 Å². The summed E-state index contributed by atoms with van der Waals surface area (Å²) in [6.45, 7) is 4.26. The highest BCUT2D eigenvalue weighted by atomic mass is 16.6. The van der Waals surface area contributed by atoms with Crippen molar-refractivity contribution in [1.82, 2.24) is 0 Å². The summed E-state index contributed by atoms with van der Waals surface area (Å²) in [7, 11) is 0. The Balaban J connectivity index is 1.69. The fourth-order valence-corrected chi connectivity index (χ4v) is 2.52. The van der Waals surface area contributed by atoms with Crippen LogP contribution in [0, 0.1) is 0 Å². The predicted molar refractivity (Wildman–Crippen MR) is 77.1 cm³/mol. The van der Waals surface area contributed by atoms with Crippen LogP contribution in [0.1, 0.15) is 78.1 Å². The van der Waals surface area contributed by atoms with Gasteiger partial charge in [-0.1, -0.05) is 51.9 Å². The van der Waals surface area contributed by atoms with Gasteiger partial charge >= 0.3 is 5.97 Å². The Labute approximate surface area is 118 Å². The maximum Gasteiger partial charge on any atom is 0.302 e. The summed E-state index contributed by atoms with van der Waals surface area (Å²) in [6.07, 6.45) is 13.8.